The van der Waals surface area contributed by atoms with E-state index in [1.54, 1.807) is 0 Å². The van der Waals surface area contributed by atoms with E-state index in [9.17, 15) is 23.1 Å². The zero-order valence-electron chi connectivity index (χ0n) is 12.2. The third-order valence-electron chi connectivity index (χ3n) is 3.22. The largest absolute Gasteiger partial charge is 0.465 e. The van der Waals surface area contributed by atoms with Gasteiger partial charge in [0.05, 0.1) is 18.2 Å². The Kier molecular flexibility index (Phi) is 5.72. The van der Waals surface area contributed by atoms with Crippen molar-refractivity contribution in [2.45, 2.75) is 12.3 Å². The zero-order chi connectivity index (χ0) is 18.1. The third kappa shape index (κ3) is 4.37. The minimum Gasteiger partial charge on any atom is -0.465 e. The number of hydrogen-bond donors (Lipinski definition) is 1. The molecule has 3 nitrogen and oxygen atoms in total. The molecule has 0 aliphatic rings. The van der Waals surface area contributed by atoms with Crippen LogP contribution in [-0.2, 0) is 10.9 Å². The van der Waals surface area contributed by atoms with Crippen molar-refractivity contribution in [3.63, 3.8) is 0 Å². The van der Waals surface area contributed by atoms with Crippen LogP contribution >= 0.6 is 31.9 Å². The molecule has 0 amide bonds. The van der Waals surface area contributed by atoms with Gasteiger partial charge in [0.2, 0.25) is 0 Å². The van der Waals surface area contributed by atoms with E-state index in [-0.39, 0.29) is 21.2 Å². The highest BCUT2D eigenvalue weighted by Crippen LogP contribution is 2.35. The number of methoxy groups -OCH3 is 1. The summed E-state index contributed by atoms with van der Waals surface area (Å²) in [7, 11) is 1.21. The van der Waals surface area contributed by atoms with Gasteiger partial charge in [-0.15, -0.1) is 0 Å². The lowest BCUT2D eigenvalue weighted by atomic mass is 9.98. The van der Waals surface area contributed by atoms with Crippen LogP contribution in [0.4, 0.5) is 13.2 Å². The average Bonchev–Trinajstić information content (AvgIpc) is 2.51. The Bertz CT molecular complexity index is 776. The normalized spacial score (nSPS) is 12.8. The number of aliphatic hydroxyl groups is 1. The predicted molar refractivity (Wildman–Crippen MR) is 88.7 cm³/mol. The number of rotatable bonds is 3. The molecule has 1 atom stereocenters. The van der Waals surface area contributed by atoms with Gasteiger partial charge in [0.25, 0.3) is 0 Å². The van der Waals surface area contributed by atoms with Gasteiger partial charge in [0, 0.05) is 8.95 Å². The number of carbonyl (C=O) groups is 1. The molecule has 2 aromatic rings. The summed E-state index contributed by atoms with van der Waals surface area (Å²) in [5, 5.41) is 10.4. The first kappa shape index (κ1) is 19.0. The molecule has 8 heteroatoms. The van der Waals surface area contributed by atoms with Gasteiger partial charge in [-0.2, -0.15) is 13.2 Å². The Morgan fingerprint density at radius 1 is 1.04 bits per heavy atom. The second kappa shape index (κ2) is 7.25. The first-order valence-electron chi connectivity index (χ1n) is 6.56. The molecule has 2 rings (SSSR count). The lowest BCUT2D eigenvalue weighted by Gasteiger charge is -2.16. The van der Waals surface area contributed by atoms with E-state index >= 15 is 0 Å². The molecule has 1 unspecified atom stereocenters. The first-order chi connectivity index (χ1) is 11.1. The highest BCUT2D eigenvalue weighted by molar-refractivity contribution is 9.10. The van der Waals surface area contributed by atoms with Crippen LogP contribution in [0.25, 0.3) is 0 Å². The number of esters is 1. The van der Waals surface area contributed by atoms with E-state index in [1.807, 2.05) is 0 Å². The summed E-state index contributed by atoms with van der Waals surface area (Å²) in [5.74, 6) is -0.616. The van der Waals surface area contributed by atoms with Crippen molar-refractivity contribution in [2.75, 3.05) is 7.11 Å². The van der Waals surface area contributed by atoms with Crippen LogP contribution in [0.15, 0.2) is 45.3 Å². The monoisotopic (exact) mass is 466 g/mol. The van der Waals surface area contributed by atoms with E-state index in [0.29, 0.717) is 4.47 Å². The maximum Gasteiger partial charge on any atom is 0.416 e. The van der Waals surface area contributed by atoms with Crippen molar-refractivity contribution < 1.29 is 27.8 Å². The standard InChI is InChI=1S/C16H11Br2F3O3/c1-24-15(23)10-2-8(4-12(17)6-10)14(22)9-3-11(16(19,20)21)7-13(18)5-9/h2-7,14,22H,1H3. The third-order valence-corrected chi connectivity index (χ3v) is 4.14. The predicted octanol–water partition coefficient (Wildman–Crippen LogP) is 5.10. The van der Waals surface area contributed by atoms with E-state index in [1.165, 1.54) is 31.4 Å². The van der Waals surface area contributed by atoms with Crippen molar-refractivity contribution in [2.24, 2.45) is 0 Å². The highest BCUT2D eigenvalue weighted by atomic mass is 79.9. The van der Waals surface area contributed by atoms with Gasteiger partial charge in [0.1, 0.15) is 6.10 Å². The molecule has 0 radical (unpaired) electrons. The number of benzene rings is 2. The molecule has 0 aliphatic heterocycles. The van der Waals surface area contributed by atoms with Crippen LogP contribution in [0.5, 0.6) is 0 Å². The lowest BCUT2D eigenvalue weighted by molar-refractivity contribution is -0.137. The van der Waals surface area contributed by atoms with E-state index in [0.717, 1.165) is 12.1 Å². The quantitative estimate of drug-likeness (QED) is 0.639. The Hall–Kier alpha value is -1.38. The maximum absolute atomic E-state index is 12.9. The molecular formula is C16H11Br2F3O3. The second-order valence-corrected chi connectivity index (χ2v) is 6.77. The molecule has 0 saturated carbocycles. The zero-order valence-corrected chi connectivity index (χ0v) is 15.4. The molecule has 0 fully saturated rings. The Morgan fingerprint density at radius 2 is 1.58 bits per heavy atom. The fourth-order valence-electron chi connectivity index (χ4n) is 2.13. The molecule has 0 spiro atoms. The van der Waals surface area contributed by atoms with Crippen LogP contribution < -0.4 is 0 Å². The number of halogens is 5. The van der Waals surface area contributed by atoms with Crippen LogP contribution in [0.3, 0.4) is 0 Å². The summed E-state index contributed by atoms with van der Waals surface area (Å²) in [5.41, 5.74) is -0.400. The van der Waals surface area contributed by atoms with E-state index < -0.39 is 23.8 Å². The summed E-state index contributed by atoms with van der Waals surface area (Å²) in [6.07, 6.45) is -5.88. The molecule has 128 valence electrons. The SMILES string of the molecule is COC(=O)c1cc(Br)cc(C(O)c2cc(Br)cc(C(F)(F)F)c2)c1. The first-order valence-corrected chi connectivity index (χ1v) is 8.15. The van der Waals surface area contributed by atoms with Crippen molar-refractivity contribution in [3.8, 4) is 0 Å². The molecule has 0 heterocycles. The fraction of sp³-hybridized carbons (Fsp3) is 0.188. The van der Waals surface area contributed by atoms with E-state index in [4.69, 9.17) is 0 Å². The molecule has 0 bridgehead atoms. The smallest absolute Gasteiger partial charge is 0.416 e. The summed E-state index contributed by atoms with van der Waals surface area (Å²) in [6, 6.07) is 7.56. The minimum absolute atomic E-state index is 0.0469. The van der Waals surface area contributed by atoms with Gasteiger partial charge in [-0.25, -0.2) is 4.79 Å². The number of carbonyl (C=O) groups excluding carboxylic acids is 1. The van der Waals surface area contributed by atoms with Crippen LogP contribution in [0.1, 0.15) is 33.2 Å². The lowest BCUT2D eigenvalue weighted by Crippen LogP contribution is -2.09. The summed E-state index contributed by atoms with van der Waals surface area (Å²) in [4.78, 5) is 11.6. The number of alkyl halides is 3. The van der Waals surface area contributed by atoms with E-state index in [2.05, 4.69) is 36.6 Å². The summed E-state index contributed by atoms with van der Waals surface area (Å²) >= 11 is 6.22. The van der Waals surface area contributed by atoms with Gasteiger partial charge in [0.15, 0.2) is 0 Å². The summed E-state index contributed by atoms with van der Waals surface area (Å²) < 4.78 is 44.1. The number of ether oxygens (including phenoxy) is 1. The fourth-order valence-corrected chi connectivity index (χ4v) is 3.15. The van der Waals surface area contributed by atoms with Gasteiger partial charge >= 0.3 is 12.1 Å². The van der Waals surface area contributed by atoms with Crippen LogP contribution in [-0.4, -0.2) is 18.2 Å². The van der Waals surface area contributed by atoms with Crippen LogP contribution in [0.2, 0.25) is 0 Å². The molecule has 24 heavy (non-hydrogen) atoms. The Morgan fingerprint density at radius 3 is 2.12 bits per heavy atom. The minimum atomic E-state index is -4.54. The Balaban J connectivity index is 2.49. The number of aliphatic hydroxyl groups excluding tert-OH is 1. The molecular weight excluding hydrogens is 457 g/mol. The van der Waals surface area contributed by atoms with Crippen molar-refractivity contribution in [1.82, 2.24) is 0 Å². The van der Waals surface area contributed by atoms with Crippen molar-refractivity contribution >= 4 is 37.8 Å². The average molecular weight is 468 g/mol. The van der Waals surface area contributed by atoms with Gasteiger partial charge in [-0.3, -0.25) is 0 Å². The molecule has 1 N–H and O–H groups in total. The van der Waals surface area contributed by atoms with Crippen molar-refractivity contribution in [3.05, 3.63) is 67.6 Å². The van der Waals surface area contributed by atoms with Gasteiger partial charge in [-0.05, 0) is 47.5 Å². The molecule has 0 aliphatic carbocycles. The molecule has 0 aromatic heterocycles. The highest BCUT2D eigenvalue weighted by Gasteiger charge is 2.31. The molecule has 0 saturated heterocycles. The van der Waals surface area contributed by atoms with Crippen molar-refractivity contribution in [1.29, 1.82) is 0 Å². The summed E-state index contributed by atoms with van der Waals surface area (Å²) in [6.45, 7) is 0. The Labute approximate surface area is 152 Å². The van der Waals surface area contributed by atoms with Gasteiger partial charge in [-0.1, -0.05) is 31.9 Å². The van der Waals surface area contributed by atoms with Gasteiger partial charge < -0.3 is 9.84 Å². The van der Waals surface area contributed by atoms with Crippen LogP contribution in [0, 0.1) is 0 Å². The topological polar surface area (TPSA) is 46.5 Å². The molecule has 2 aromatic carbocycles. The maximum atomic E-state index is 12.9. The number of hydrogen-bond acceptors (Lipinski definition) is 3. The second-order valence-electron chi connectivity index (χ2n) is 4.94.